The van der Waals surface area contributed by atoms with Crippen LogP contribution in [0.1, 0.15) is 23.7 Å². The first-order valence-electron chi connectivity index (χ1n) is 8.14. The fourth-order valence-corrected chi connectivity index (χ4v) is 4.38. The lowest BCUT2D eigenvalue weighted by Gasteiger charge is -2.22. The zero-order valence-corrected chi connectivity index (χ0v) is 16.4. The van der Waals surface area contributed by atoms with Crippen molar-refractivity contribution in [1.29, 1.82) is 0 Å². The Morgan fingerprint density at radius 2 is 1.85 bits per heavy atom. The van der Waals surface area contributed by atoms with E-state index < -0.39 is 5.97 Å². The molecule has 4 nitrogen and oxygen atoms in total. The average molecular weight is 410 g/mol. The lowest BCUT2D eigenvalue weighted by Crippen LogP contribution is -2.35. The van der Waals surface area contributed by atoms with Crippen LogP contribution in [0.25, 0.3) is 0 Å². The van der Waals surface area contributed by atoms with Crippen molar-refractivity contribution in [1.82, 2.24) is 0 Å². The molecule has 1 aliphatic rings. The van der Waals surface area contributed by atoms with Crippen molar-refractivity contribution in [3.05, 3.63) is 58.1 Å². The third kappa shape index (κ3) is 4.17. The number of amides is 1. The van der Waals surface area contributed by atoms with Crippen LogP contribution in [0.3, 0.4) is 0 Å². The van der Waals surface area contributed by atoms with Crippen molar-refractivity contribution < 1.29 is 14.3 Å². The predicted octanol–water partition coefficient (Wildman–Crippen LogP) is 5.07. The van der Waals surface area contributed by atoms with Crippen LogP contribution in [0.4, 0.5) is 5.69 Å². The van der Waals surface area contributed by atoms with E-state index in [4.69, 9.17) is 27.9 Å². The standard InChI is InChI=1S/C19H17Cl2NO3S/c1-12-9-10-22(15-7-2-3-8-16(15)26-12)17(23)11-25-19(24)18-13(20)5-4-6-14(18)21/h2-8,12H,9-11H2,1H3/t12-/m1/s1. The van der Waals surface area contributed by atoms with Crippen molar-refractivity contribution in [2.24, 2.45) is 0 Å². The molecule has 0 aromatic heterocycles. The molecule has 0 spiro atoms. The quantitative estimate of drug-likeness (QED) is 0.663. The van der Waals surface area contributed by atoms with Gasteiger partial charge in [-0.2, -0.15) is 0 Å². The minimum absolute atomic E-state index is 0.0732. The maximum Gasteiger partial charge on any atom is 0.341 e. The molecule has 0 aliphatic carbocycles. The van der Waals surface area contributed by atoms with Crippen molar-refractivity contribution in [3.8, 4) is 0 Å². The molecular weight excluding hydrogens is 393 g/mol. The number of anilines is 1. The summed E-state index contributed by atoms with van der Waals surface area (Å²) in [6.45, 7) is 2.34. The Hall–Kier alpha value is -1.69. The van der Waals surface area contributed by atoms with Gasteiger partial charge in [0, 0.05) is 16.7 Å². The SMILES string of the molecule is C[C@@H]1CCN(C(=O)COC(=O)c2c(Cl)cccc2Cl)c2ccccc2S1. The minimum atomic E-state index is -0.709. The van der Waals surface area contributed by atoms with Gasteiger partial charge in [0.2, 0.25) is 0 Å². The highest BCUT2D eigenvalue weighted by molar-refractivity contribution is 8.00. The highest BCUT2D eigenvalue weighted by Gasteiger charge is 2.25. The number of nitrogens with zero attached hydrogens (tertiary/aromatic N) is 1. The molecule has 0 radical (unpaired) electrons. The fraction of sp³-hybridized carbons (Fsp3) is 0.263. The van der Waals surface area contributed by atoms with E-state index in [1.54, 1.807) is 34.9 Å². The van der Waals surface area contributed by atoms with Gasteiger partial charge in [-0.3, -0.25) is 4.79 Å². The molecule has 1 amide bonds. The van der Waals surface area contributed by atoms with Crippen LogP contribution in [0.2, 0.25) is 10.0 Å². The van der Waals surface area contributed by atoms with Crippen LogP contribution >= 0.6 is 35.0 Å². The van der Waals surface area contributed by atoms with E-state index in [-0.39, 0.29) is 28.1 Å². The molecule has 0 bridgehead atoms. The predicted molar refractivity (Wildman–Crippen MR) is 105 cm³/mol. The number of hydrogen-bond acceptors (Lipinski definition) is 4. The number of carbonyl (C=O) groups excluding carboxylic acids is 2. The third-order valence-electron chi connectivity index (χ3n) is 4.04. The number of para-hydroxylation sites is 1. The van der Waals surface area contributed by atoms with E-state index in [0.29, 0.717) is 11.8 Å². The van der Waals surface area contributed by atoms with Gasteiger partial charge in [0.05, 0.1) is 21.3 Å². The fourth-order valence-electron chi connectivity index (χ4n) is 2.72. The Morgan fingerprint density at radius 3 is 2.58 bits per heavy atom. The second-order valence-electron chi connectivity index (χ2n) is 5.90. The topological polar surface area (TPSA) is 46.6 Å². The zero-order chi connectivity index (χ0) is 18.7. The number of thioether (sulfide) groups is 1. The van der Waals surface area contributed by atoms with Gasteiger partial charge in [-0.05, 0) is 30.7 Å². The first-order chi connectivity index (χ1) is 12.5. The summed E-state index contributed by atoms with van der Waals surface area (Å²) in [4.78, 5) is 27.7. The highest BCUT2D eigenvalue weighted by Crippen LogP contribution is 2.37. The molecule has 7 heteroatoms. The molecule has 0 unspecified atom stereocenters. The number of ether oxygens (including phenoxy) is 1. The van der Waals surface area contributed by atoms with E-state index >= 15 is 0 Å². The van der Waals surface area contributed by atoms with Crippen molar-refractivity contribution in [2.75, 3.05) is 18.1 Å². The molecule has 0 saturated heterocycles. The maximum atomic E-state index is 12.7. The zero-order valence-electron chi connectivity index (χ0n) is 14.1. The van der Waals surface area contributed by atoms with Gasteiger partial charge in [0.25, 0.3) is 5.91 Å². The number of hydrogen-bond donors (Lipinski definition) is 0. The van der Waals surface area contributed by atoms with Crippen LogP contribution in [-0.2, 0) is 9.53 Å². The third-order valence-corrected chi connectivity index (χ3v) is 5.91. The Labute approximate surface area is 166 Å². The van der Waals surface area contributed by atoms with Gasteiger partial charge in [-0.25, -0.2) is 4.79 Å². The molecule has 0 saturated carbocycles. The highest BCUT2D eigenvalue weighted by atomic mass is 35.5. The summed E-state index contributed by atoms with van der Waals surface area (Å²) in [5.41, 5.74) is 0.919. The Bertz CT molecular complexity index is 823. The van der Waals surface area contributed by atoms with E-state index in [2.05, 4.69) is 6.92 Å². The van der Waals surface area contributed by atoms with Gasteiger partial charge in [0.15, 0.2) is 6.61 Å². The maximum absolute atomic E-state index is 12.7. The van der Waals surface area contributed by atoms with Crippen LogP contribution < -0.4 is 4.90 Å². The minimum Gasteiger partial charge on any atom is -0.452 e. The average Bonchev–Trinajstić information content (AvgIpc) is 2.77. The van der Waals surface area contributed by atoms with Crippen molar-refractivity contribution >= 4 is 52.5 Å². The molecule has 3 rings (SSSR count). The summed E-state index contributed by atoms with van der Waals surface area (Å²) in [7, 11) is 0. The molecule has 136 valence electrons. The Morgan fingerprint density at radius 1 is 1.15 bits per heavy atom. The molecule has 1 aliphatic heterocycles. The van der Waals surface area contributed by atoms with Gasteiger partial charge < -0.3 is 9.64 Å². The van der Waals surface area contributed by atoms with Crippen LogP contribution in [0, 0.1) is 0 Å². The molecule has 2 aromatic rings. The summed E-state index contributed by atoms with van der Waals surface area (Å²) in [5, 5.41) is 0.791. The van der Waals surface area contributed by atoms with Crippen molar-refractivity contribution in [2.45, 2.75) is 23.5 Å². The van der Waals surface area contributed by atoms with Gasteiger partial charge in [-0.15, -0.1) is 11.8 Å². The number of benzene rings is 2. The van der Waals surface area contributed by atoms with Crippen molar-refractivity contribution in [3.63, 3.8) is 0 Å². The number of esters is 1. The number of carbonyl (C=O) groups is 2. The number of rotatable bonds is 3. The lowest BCUT2D eigenvalue weighted by molar-refractivity contribution is -0.121. The molecule has 0 N–H and O–H groups in total. The molecule has 2 aromatic carbocycles. The summed E-state index contributed by atoms with van der Waals surface area (Å²) < 4.78 is 5.18. The second-order valence-corrected chi connectivity index (χ2v) is 8.20. The van der Waals surface area contributed by atoms with Gasteiger partial charge >= 0.3 is 5.97 Å². The molecule has 1 atom stereocenters. The Kier molecular flexibility index (Phi) is 6.12. The van der Waals surface area contributed by atoms with Crippen LogP contribution in [0.5, 0.6) is 0 Å². The van der Waals surface area contributed by atoms with E-state index in [9.17, 15) is 9.59 Å². The second kappa shape index (κ2) is 8.33. The lowest BCUT2D eigenvalue weighted by atomic mass is 10.2. The summed E-state index contributed by atoms with van der Waals surface area (Å²) in [6.07, 6.45) is 0.857. The van der Waals surface area contributed by atoms with E-state index in [1.165, 1.54) is 0 Å². The summed E-state index contributed by atoms with van der Waals surface area (Å²) in [6, 6.07) is 12.5. The van der Waals surface area contributed by atoms with Gasteiger partial charge in [0.1, 0.15) is 0 Å². The monoisotopic (exact) mass is 409 g/mol. The molecule has 0 fully saturated rings. The number of halogens is 2. The number of fused-ring (bicyclic) bond motifs is 1. The summed E-state index contributed by atoms with van der Waals surface area (Å²) >= 11 is 13.8. The largest absolute Gasteiger partial charge is 0.452 e. The van der Waals surface area contributed by atoms with Crippen LogP contribution in [0.15, 0.2) is 47.4 Å². The first-order valence-corrected chi connectivity index (χ1v) is 9.78. The normalized spacial score (nSPS) is 16.6. The molecular formula is C19H17Cl2NO3S. The molecule has 1 heterocycles. The van der Waals surface area contributed by atoms with Crippen LogP contribution in [-0.4, -0.2) is 30.3 Å². The van der Waals surface area contributed by atoms with Gasteiger partial charge in [-0.1, -0.05) is 48.3 Å². The smallest absolute Gasteiger partial charge is 0.341 e. The van der Waals surface area contributed by atoms with E-state index in [1.807, 2.05) is 24.3 Å². The molecule has 26 heavy (non-hydrogen) atoms. The first kappa shape index (κ1) is 19.1. The Balaban J connectivity index is 1.73. The van der Waals surface area contributed by atoms with E-state index in [0.717, 1.165) is 17.0 Å². The summed E-state index contributed by atoms with van der Waals surface area (Å²) in [5.74, 6) is -0.983.